The van der Waals surface area contributed by atoms with E-state index < -0.39 is 17.3 Å². The molecule has 24 heavy (non-hydrogen) atoms. The molecule has 8 nitrogen and oxygen atoms in total. The number of ether oxygens (including phenoxy) is 1. The molecule has 0 bridgehead atoms. The maximum atomic E-state index is 11.8. The molecule has 0 saturated carbocycles. The maximum Gasteiger partial charge on any atom is 0.372 e. The predicted molar refractivity (Wildman–Crippen MR) is 90.9 cm³/mol. The lowest BCUT2D eigenvalue weighted by Crippen LogP contribution is -2.46. The van der Waals surface area contributed by atoms with Crippen LogP contribution in [0.2, 0.25) is 0 Å². The van der Waals surface area contributed by atoms with Crippen LogP contribution in [0.25, 0.3) is 0 Å². The van der Waals surface area contributed by atoms with E-state index in [1.165, 1.54) is 33.0 Å². The Morgan fingerprint density at radius 2 is 1.71 bits per heavy atom. The smallest absolute Gasteiger partial charge is 0.372 e. The second kappa shape index (κ2) is 9.56. The lowest BCUT2D eigenvalue weighted by molar-refractivity contribution is -0.127. The summed E-state index contributed by atoms with van der Waals surface area (Å²) in [6, 6.07) is 5.44. The zero-order valence-corrected chi connectivity index (χ0v) is 14.4. The molecule has 0 aliphatic rings. The normalized spacial score (nSPS) is 11.1. The molecule has 1 aromatic rings. The van der Waals surface area contributed by atoms with E-state index >= 15 is 0 Å². The summed E-state index contributed by atoms with van der Waals surface area (Å²) >= 11 is 0.773. The highest BCUT2D eigenvalue weighted by molar-refractivity contribution is 8.13. The minimum Gasteiger partial charge on any atom is -0.418 e. The SMILES string of the molecule is CNC(=O)C(CSC(=O)Oc1ccc(NC(C)=O)cc1)NC(C)=O. The molecule has 0 saturated heterocycles. The van der Waals surface area contributed by atoms with E-state index in [1.807, 2.05) is 0 Å². The first-order valence-corrected chi connectivity index (χ1v) is 8.01. The number of hydrogen-bond acceptors (Lipinski definition) is 6. The van der Waals surface area contributed by atoms with Gasteiger partial charge in [-0.3, -0.25) is 14.4 Å². The first-order chi connectivity index (χ1) is 11.3. The molecule has 0 radical (unpaired) electrons. The lowest BCUT2D eigenvalue weighted by Gasteiger charge is -2.15. The van der Waals surface area contributed by atoms with Gasteiger partial charge in [-0.1, -0.05) is 0 Å². The highest BCUT2D eigenvalue weighted by Gasteiger charge is 2.20. The van der Waals surface area contributed by atoms with E-state index in [0.29, 0.717) is 11.4 Å². The van der Waals surface area contributed by atoms with Gasteiger partial charge in [0.15, 0.2) is 0 Å². The quantitative estimate of drug-likeness (QED) is 0.661. The molecule has 1 unspecified atom stereocenters. The molecule has 1 rings (SSSR count). The molecule has 3 amide bonds. The number of carbonyl (C=O) groups is 4. The summed E-state index contributed by atoms with van der Waals surface area (Å²) in [4.78, 5) is 45.4. The Kier molecular flexibility index (Phi) is 7.76. The van der Waals surface area contributed by atoms with Crippen LogP contribution >= 0.6 is 11.8 Å². The van der Waals surface area contributed by atoms with Gasteiger partial charge in [0, 0.05) is 32.3 Å². The van der Waals surface area contributed by atoms with Crippen molar-refractivity contribution in [1.82, 2.24) is 10.6 Å². The van der Waals surface area contributed by atoms with Gasteiger partial charge in [-0.2, -0.15) is 0 Å². The monoisotopic (exact) mass is 353 g/mol. The number of nitrogens with one attached hydrogen (secondary N) is 3. The van der Waals surface area contributed by atoms with Gasteiger partial charge in [0.2, 0.25) is 17.7 Å². The molecular formula is C15H19N3O5S. The van der Waals surface area contributed by atoms with Crippen molar-refractivity contribution in [3.8, 4) is 5.75 Å². The highest BCUT2D eigenvalue weighted by Crippen LogP contribution is 2.18. The third-order valence-electron chi connectivity index (χ3n) is 2.68. The van der Waals surface area contributed by atoms with Gasteiger partial charge in [0.25, 0.3) is 0 Å². The van der Waals surface area contributed by atoms with Crippen LogP contribution in [-0.2, 0) is 14.4 Å². The minimum absolute atomic E-state index is 0.0437. The van der Waals surface area contributed by atoms with Crippen LogP contribution in [-0.4, -0.2) is 41.9 Å². The van der Waals surface area contributed by atoms with Crippen LogP contribution in [0.5, 0.6) is 5.75 Å². The standard InChI is InChI=1S/C15H19N3O5S/c1-9(19)17-11-4-6-12(7-5-11)23-15(22)24-8-13(14(21)16-3)18-10(2)20/h4-7,13H,8H2,1-3H3,(H,16,21)(H,17,19)(H,18,20). The Bertz CT molecular complexity index is 618. The van der Waals surface area contributed by atoms with Crippen LogP contribution in [0, 0.1) is 0 Å². The van der Waals surface area contributed by atoms with Gasteiger partial charge in [-0.15, -0.1) is 0 Å². The van der Waals surface area contributed by atoms with Crippen LogP contribution in [0.3, 0.4) is 0 Å². The number of carbonyl (C=O) groups excluding carboxylic acids is 4. The summed E-state index contributed by atoms with van der Waals surface area (Å²) in [7, 11) is 1.44. The average molecular weight is 353 g/mol. The first-order valence-electron chi connectivity index (χ1n) is 7.02. The Morgan fingerprint density at radius 1 is 1.08 bits per heavy atom. The molecule has 0 fully saturated rings. The van der Waals surface area contributed by atoms with Crippen molar-refractivity contribution in [3.05, 3.63) is 24.3 Å². The number of amides is 3. The number of thioether (sulfide) groups is 1. The first kappa shape index (κ1) is 19.5. The molecule has 0 heterocycles. The second-order valence-electron chi connectivity index (χ2n) is 4.74. The van der Waals surface area contributed by atoms with Gasteiger partial charge < -0.3 is 20.7 Å². The van der Waals surface area contributed by atoms with Crippen molar-refractivity contribution in [2.75, 3.05) is 18.1 Å². The fraction of sp³-hybridized carbons (Fsp3) is 0.333. The van der Waals surface area contributed by atoms with Crippen molar-refractivity contribution < 1.29 is 23.9 Å². The summed E-state index contributed by atoms with van der Waals surface area (Å²) in [5, 5.41) is 6.85. The van der Waals surface area contributed by atoms with Crippen LogP contribution in [0.15, 0.2) is 24.3 Å². The Labute approximate surface area is 143 Å². The van der Waals surface area contributed by atoms with Crippen molar-refractivity contribution in [2.24, 2.45) is 0 Å². The van der Waals surface area contributed by atoms with Crippen molar-refractivity contribution >= 4 is 40.5 Å². The summed E-state index contributed by atoms with van der Waals surface area (Å²) in [5.41, 5.74) is 0.584. The van der Waals surface area contributed by atoms with E-state index in [2.05, 4.69) is 16.0 Å². The molecule has 0 aliphatic carbocycles. The Hall–Kier alpha value is -2.55. The van der Waals surface area contributed by atoms with Gasteiger partial charge in [-0.25, -0.2) is 4.79 Å². The van der Waals surface area contributed by atoms with Crippen LogP contribution < -0.4 is 20.7 Å². The van der Waals surface area contributed by atoms with E-state index in [1.54, 1.807) is 12.1 Å². The molecule has 1 aromatic carbocycles. The Balaban J connectivity index is 2.53. The molecule has 0 aliphatic heterocycles. The molecule has 3 N–H and O–H groups in total. The van der Waals surface area contributed by atoms with Crippen molar-refractivity contribution in [2.45, 2.75) is 19.9 Å². The second-order valence-corrected chi connectivity index (χ2v) is 5.69. The van der Waals surface area contributed by atoms with Gasteiger partial charge in [-0.05, 0) is 36.0 Å². The van der Waals surface area contributed by atoms with E-state index in [-0.39, 0.29) is 17.6 Å². The summed E-state index contributed by atoms with van der Waals surface area (Å²) in [5.74, 6) is -0.621. The maximum absolute atomic E-state index is 11.8. The molecule has 9 heteroatoms. The molecule has 1 atom stereocenters. The van der Waals surface area contributed by atoms with E-state index in [9.17, 15) is 19.2 Å². The average Bonchev–Trinajstić information content (AvgIpc) is 2.51. The fourth-order valence-corrected chi connectivity index (χ4v) is 2.38. The third kappa shape index (κ3) is 7.14. The Morgan fingerprint density at radius 3 is 2.21 bits per heavy atom. The van der Waals surface area contributed by atoms with Crippen LogP contribution in [0.1, 0.15) is 13.8 Å². The van der Waals surface area contributed by atoms with E-state index in [0.717, 1.165) is 11.8 Å². The van der Waals surface area contributed by atoms with Gasteiger partial charge in [0.05, 0.1) is 0 Å². The lowest BCUT2D eigenvalue weighted by atomic mass is 10.3. The fourth-order valence-electron chi connectivity index (χ4n) is 1.69. The summed E-state index contributed by atoms with van der Waals surface area (Å²) in [6.07, 6.45) is 0. The number of benzene rings is 1. The van der Waals surface area contributed by atoms with Crippen LogP contribution in [0.4, 0.5) is 10.5 Å². The van der Waals surface area contributed by atoms with Crippen molar-refractivity contribution in [1.29, 1.82) is 0 Å². The predicted octanol–water partition coefficient (Wildman–Crippen LogP) is 1.13. The topological polar surface area (TPSA) is 114 Å². The third-order valence-corrected chi connectivity index (χ3v) is 3.50. The molecule has 0 aromatic heterocycles. The number of hydrogen-bond donors (Lipinski definition) is 3. The summed E-state index contributed by atoms with van der Waals surface area (Å²) in [6.45, 7) is 2.68. The van der Waals surface area contributed by atoms with Crippen molar-refractivity contribution in [3.63, 3.8) is 0 Å². The highest BCUT2D eigenvalue weighted by atomic mass is 32.2. The number of rotatable bonds is 6. The summed E-state index contributed by atoms with van der Waals surface area (Å²) < 4.78 is 5.11. The number of likely N-dealkylation sites (N-methyl/N-ethyl adjacent to an activating group) is 1. The zero-order chi connectivity index (χ0) is 18.1. The largest absolute Gasteiger partial charge is 0.418 e. The zero-order valence-electron chi connectivity index (χ0n) is 13.5. The molecular weight excluding hydrogens is 334 g/mol. The molecule has 130 valence electrons. The molecule has 0 spiro atoms. The van der Waals surface area contributed by atoms with E-state index in [4.69, 9.17) is 4.74 Å². The number of anilines is 1. The van der Waals surface area contributed by atoms with Gasteiger partial charge >= 0.3 is 5.30 Å². The van der Waals surface area contributed by atoms with Gasteiger partial charge in [0.1, 0.15) is 11.8 Å². The minimum atomic E-state index is -0.827.